The van der Waals surface area contributed by atoms with Gasteiger partial charge in [-0.15, -0.1) is 35.3 Å². The molecule has 3 rings (SSSR count). The number of hydrogen-bond donors (Lipinski definition) is 0. The predicted molar refractivity (Wildman–Crippen MR) is 261 cm³/mol. The largest absolute Gasteiger partial charge is 0.464 e. The van der Waals surface area contributed by atoms with Crippen molar-refractivity contribution in [2.75, 3.05) is 37.1 Å². The fourth-order valence-corrected chi connectivity index (χ4v) is 12.4. The number of allylic oxidation sites excluding steroid dienone is 6. The molecule has 3 aliphatic carbocycles. The molecule has 12 heteroatoms. The highest BCUT2D eigenvalue weighted by Crippen LogP contribution is 2.44. The highest BCUT2D eigenvalue weighted by Gasteiger charge is 2.42. The third kappa shape index (κ3) is 16.8. The lowest BCUT2D eigenvalue weighted by atomic mass is 9.65. The molecule has 9 nitrogen and oxygen atoms in total. The molecule has 0 radical (unpaired) electrons. The molecule has 0 aromatic heterocycles. The summed E-state index contributed by atoms with van der Waals surface area (Å²) >= 11 is 4.12. The molecule has 3 aliphatic rings. The van der Waals surface area contributed by atoms with Gasteiger partial charge >= 0.3 is 17.9 Å². The maximum absolute atomic E-state index is 13.4. The van der Waals surface area contributed by atoms with Crippen LogP contribution in [0.25, 0.3) is 0 Å². The topological polar surface area (TPSA) is 130 Å². The SMILES string of the molecule is CCC(COC(=O)CSC(C)CC(=O)[C@H]1[C@H](C)C=CCC1(C)C)(COC(=O)CSC(C)CC(=O)[C@H]1[C@H](C)C=CCC1(C)C)COC(=O)CS[C@@H](C)CC(=O)[C@@H]1C(C)C=CCC1(C)C. The fourth-order valence-electron chi connectivity index (χ4n) is 10.1. The number of Topliss-reactive ketones (excluding diaryl/α,β-unsaturated/α-hetero) is 3. The molecular formula is C51H80O9S3. The van der Waals surface area contributed by atoms with Crippen LogP contribution in [0.2, 0.25) is 0 Å². The van der Waals surface area contributed by atoms with Crippen molar-refractivity contribution in [1.82, 2.24) is 0 Å². The van der Waals surface area contributed by atoms with Crippen LogP contribution in [0, 0.1) is 57.2 Å². The molecule has 0 spiro atoms. The average molecular weight is 933 g/mol. The van der Waals surface area contributed by atoms with E-state index in [0.29, 0.717) is 25.7 Å². The van der Waals surface area contributed by atoms with E-state index in [9.17, 15) is 28.8 Å². The van der Waals surface area contributed by atoms with Crippen LogP contribution in [0.5, 0.6) is 0 Å². The van der Waals surface area contributed by atoms with Gasteiger partial charge in [-0.3, -0.25) is 28.8 Å². The van der Waals surface area contributed by atoms with E-state index in [1.807, 2.05) is 27.7 Å². The summed E-state index contributed by atoms with van der Waals surface area (Å²) < 4.78 is 17.4. The molecule has 0 N–H and O–H groups in total. The minimum absolute atomic E-state index is 0.0397. The number of ketones is 3. The second-order valence-electron chi connectivity index (χ2n) is 21.1. The first-order valence-electron chi connectivity index (χ1n) is 23.2. The van der Waals surface area contributed by atoms with Gasteiger partial charge in [0.2, 0.25) is 0 Å². The van der Waals surface area contributed by atoms with Crippen LogP contribution >= 0.6 is 35.3 Å². The normalized spacial score (nSPS) is 27.0. The second kappa shape index (κ2) is 24.5. The van der Waals surface area contributed by atoms with Crippen molar-refractivity contribution in [1.29, 1.82) is 0 Å². The number of rotatable bonds is 25. The standard InChI is InChI=1S/C51H80O9S3/c1-14-51(30-58-42(55)27-61-36(5)24-39(52)45-33(2)18-15-21-48(45,8)9,31-59-43(56)28-62-37(6)25-40(53)46-34(3)19-16-22-49(46,10)11)32-60-44(57)29-63-38(7)26-41(54)47-35(4)20-17-23-50(47,12)13/h15-20,33-38,45-47H,14,21-32H2,1-13H3/t33-,34-,35?,36?,37?,38+,45-,46-,47+,51?/m1/s1. The number of carbonyl (C=O) groups excluding carboxylic acids is 6. The zero-order valence-corrected chi connectivity index (χ0v) is 43.2. The number of thioether (sulfide) groups is 3. The number of hydrogen-bond acceptors (Lipinski definition) is 12. The summed E-state index contributed by atoms with van der Waals surface area (Å²) in [4.78, 5) is 79.8. The van der Waals surface area contributed by atoms with E-state index in [2.05, 4.69) is 98.8 Å². The third-order valence-corrected chi connectivity index (χ3v) is 17.1. The van der Waals surface area contributed by atoms with Crippen LogP contribution in [0.3, 0.4) is 0 Å². The van der Waals surface area contributed by atoms with E-state index in [4.69, 9.17) is 14.2 Å². The number of ether oxygens (including phenoxy) is 3. The Morgan fingerprint density at radius 2 is 0.778 bits per heavy atom. The van der Waals surface area contributed by atoms with Crippen LogP contribution < -0.4 is 0 Å². The number of carbonyl (C=O) groups is 6. The Labute approximate surface area is 393 Å². The molecule has 0 fully saturated rings. The first-order chi connectivity index (χ1) is 29.3. The molecule has 0 saturated heterocycles. The summed E-state index contributed by atoms with van der Waals surface area (Å²) in [5.41, 5.74) is -1.37. The molecule has 0 aliphatic heterocycles. The molecule has 0 amide bonds. The monoisotopic (exact) mass is 932 g/mol. The first-order valence-corrected chi connectivity index (χ1v) is 26.4. The smallest absolute Gasteiger partial charge is 0.315 e. The van der Waals surface area contributed by atoms with Gasteiger partial charge in [-0.25, -0.2) is 0 Å². The molecule has 0 bridgehead atoms. The predicted octanol–water partition coefficient (Wildman–Crippen LogP) is 11.0. The Hall–Kier alpha value is -2.31. The molecule has 356 valence electrons. The maximum atomic E-state index is 13.4. The summed E-state index contributed by atoms with van der Waals surface area (Å²) in [6.07, 6.45) is 16.9. The lowest BCUT2D eigenvalue weighted by molar-refractivity contribution is -0.159. The van der Waals surface area contributed by atoms with Crippen molar-refractivity contribution >= 4 is 70.5 Å². The van der Waals surface area contributed by atoms with Crippen molar-refractivity contribution in [2.24, 2.45) is 57.2 Å². The molecule has 0 heterocycles. The van der Waals surface area contributed by atoms with E-state index in [0.717, 1.165) is 19.3 Å². The minimum Gasteiger partial charge on any atom is -0.464 e. The lowest BCUT2D eigenvalue weighted by Crippen LogP contribution is -2.40. The Balaban J connectivity index is 1.59. The Morgan fingerprint density at radius 1 is 0.524 bits per heavy atom. The van der Waals surface area contributed by atoms with Crippen LogP contribution in [0.4, 0.5) is 0 Å². The van der Waals surface area contributed by atoms with E-state index >= 15 is 0 Å². The fraction of sp³-hybridized carbons (Fsp3) is 0.765. The second-order valence-corrected chi connectivity index (χ2v) is 25.4. The van der Waals surface area contributed by atoms with Gasteiger partial charge in [0.05, 0.1) is 22.7 Å². The zero-order chi connectivity index (χ0) is 47.3. The van der Waals surface area contributed by atoms with Crippen molar-refractivity contribution in [3.63, 3.8) is 0 Å². The quantitative estimate of drug-likeness (QED) is 0.0491. The summed E-state index contributed by atoms with van der Waals surface area (Å²) in [7, 11) is 0. The highest BCUT2D eigenvalue weighted by atomic mass is 32.2. The van der Waals surface area contributed by atoms with Crippen LogP contribution in [-0.2, 0) is 43.0 Å². The lowest BCUT2D eigenvalue weighted by Gasteiger charge is -2.39. The molecule has 63 heavy (non-hydrogen) atoms. The molecule has 9 atom stereocenters. The maximum Gasteiger partial charge on any atom is 0.315 e. The molecule has 0 aromatic rings. The van der Waals surface area contributed by atoms with Gasteiger partial charge in [0, 0.05) is 52.8 Å². The van der Waals surface area contributed by atoms with Gasteiger partial charge in [0.25, 0.3) is 0 Å². The van der Waals surface area contributed by atoms with Crippen LogP contribution in [0.1, 0.15) is 135 Å². The minimum atomic E-state index is -1.01. The summed E-state index contributed by atoms with van der Waals surface area (Å²) in [5.74, 6) is -0.419. The highest BCUT2D eigenvalue weighted by molar-refractivity contribution is 8.01. The van der Waals surface area contributed by atoms with Gasteiger partial charge in [0.15, 0.2) is 0 Å². The van der Waals surface area contributed by atoms with Crippen LogP contribution in [0.15, 0.2) is 36.5 Å². The summed E-state index contributed by atoms with van der Waals surface area (Å²) in [6.45, 7) is 26.4. The molecule has 3 unspecified atom stereocenters. The Kier molecular flexibility index (Phi) is 21.4. The average Bonchev–Trinajstić information content (AvgIpc) is 3.17. The van der Waals surface area contributed by atoms with E-state index in [-0.39, 0.29) is 122 Å². The van der Waals surface area contributed by atoms with Gasteiger partial charge in [-0.2, -0.15) is 0 Å². The zero-order valence-electron chi connectivity index (χ0n) is 40.8. The van der Waals surface area contributed by atoms with E-state index in [1.54, 1.807) is 0 Å². The Morgan fingerprint density at radius 3 is 1.00 bits per heavy atom. The van der Waals surface area contributed by atoms with Crippen molar-refractivity contribution < 1.29 is 43.0 Å². The molecule has 0 aromatic carbocycles. The summed E-state index contributed by atoms with van der Waals surface area (Å²) in [5, 5.41) is -0.275. The van der Waals surface area contributed by atoms with E-state index in [1.165, 1.54) is 35.3 Å². The number of esters is 3. The van der Waals surface area contributed by atoms with Crippen molar-refractivity contribution in [3.05, 3.63) is 36.5 Å². The van der Waals surface area contributed by atoms with Crippen molar-refractivity contribution in [2.45, 2.75) is 151 Å². The van der Waals surface area contributed by atoms with Gasteiger partial charge < -0.3 is 14.2 Å². The molecular weight excluding hydrogens is 853 g/mol. The Bertz CT molecular complexity index is 1490. The van der Waals surface area contributed by atoms with Crippen molar-refractivity contribution in [3.8, 4) is 0 Å². The first kappa shape index (κ1) is 55.0. The van der Waals surface area contributed by atoms with Gasteiger partial charge in [-0.05, 0) is 59.7 Å². The summed E-state index contributed by atoms with van der Waals surface area (Å²) in [6, 6.07) is 0. The van der Waals surface area contributed by atoms with E-state index < -0.39 is 23.3 Å². The third-order valence-electron chi connectivity index (χ3n) is 13.7. The molecule has 0 saturated carbocycles. The van der Waals surface area contributed by atoms with Gasteiger partial charge in [-0.1, -0.05) is 126 Å². The van der Waals surface area contributed by atoms with Crippen LogP contribution in [-0.4, -0.2) is 88.1 Å². The van der Waals surface area contributed by atoms with Gasteiger partial charge in [0.1, 0.15) is 37.2 Å².